The lowest BCUT2D eigenvalue weighted by molar-refractivity contribution is -0.143. The minimum Gasteiger partial charge on any atom is -0.366 e. The van der Waals surface area contributed by atoms with Gasteiger partial charge in [-0.3, -0.25) is 4.79 Å². The summed E-state index contributed by atoms with van der Waals surface area (Å²) in [6.45, 7) is 0. The molecule has 0 aliphatic carbocycles. The van der Waals surface area contributed by atoms with Gasteiger partial charge in [0.25, 0.3) is 5.91 Å². The normalized spacial score (nSPS) is 12.1. The lowest BCUT2D eigenvalue weighted by Crippen LogP contribution is -2.14. The van der Waals surface area contributed by atoms with Crippen molar-refractivity contribution in [1.82, 2.24) is 0 Å². The number of benzene rings is 2. The summed E-state index contributed by atoms with van der Waals surface area (Å²) in [5.74, 6) is -0.951. The number of carbonyl (C=O) groups is 1. The van der Waals surface area contributed by atoms with Crippen molar-refractivity contribution in [2.75, 3.05) is 5.32 Å². The molecule has 0 atom stereocenters. The fraction of sp³-hybridized carbons (Fsp3) is 0.133. The summed E-state index contributed by atoms with van der Waals surface area (Å²) < 4.78 is 77.1. The molecule has 0 spiro atoms. The highest BCUT2D eigenvalue weighted by molar-refractivity contribution is 6.31. The number of anilines is 2. The van der Waals surface area contributed by atoms with E-state index < -0.39 is 35.1 Å². The van der Waals surface area contributed by atoms with Gasteiger partial charge >= 0.3 is 12.4 Å². The molecule has 0 heterocycles. The van der Waals surface area contributed by atoms with E-state index in [2.05, 4.69) is 5.32 Å². The van der Waals surface area contributed by atoms with Crippen molar-refractivity contribution < 1.29 is 31.1 Å². The molecule has 0 aliphatic heterocycles. The monoisotopic (exact) mass is 382 g/mol. The van der Waals surface area contributed by atoms with Crippen LogP contribution in [-0.4, -0.2) is 5.91 Å². The van der Waals surface area contributed by atoms with Crippen LogP contribution in [0.1, 0.15) is 21.5 Å². The number of carbonyl (C=O) groups excluding carboxylic acids is 1. The summed E-state index contributed by atoms with van der Waals surface area (Å²) in [5.41, 5.74) is 1.40. The van der Waals surface area contributed by atoms with Crippen molar-refractivity contribution in [2.45, 2.75) is 12.4 Å². The number of nitrogens with one attached hydrogen (secondary N) is 1. The molecular formula is C15H9ClF6N2O. The Balaban J connectivity index is 2.55. The van der Waals surface area contributed by atoms with E-state index in [1.54, 1.807) is 0 Å². The van der Waals surface area contributed by atoms with Crippen molar-refractivity contribution >= 4 is 28.9 Å². The van der Waals surface area contributed by atoms with Crippen LogP contribution in [0.2, 0.25) is 5.02 Å². The summed E-state index contributed by atoms with van der Waals surface area (Å²) in [4.78, 5) is 11.4. The van der Waals surface area contributed by atoms with Crippen LogP contribution in [0.15, 0.2) is 36.4 Å². The van der Waals surface area contributed by atoms with Crippen molar-refractivity contribution in [3.05, 3.63) is 58.1 Å². The lowest BCUT2D eigenvalue weighted by Gasteiger charge is -2.16. The first kappa shape index (κ1) is 18.9. The molecule has 134 valence electrons. The summed E-state index contributed by atoms with van der Waals surface area (Å²) >= 11 is 5.70. The smallest absolute Gasteiger partial charge is 0.366 e. The molecule has 0 aliphatic rings. The second-order valence-electron chi connectivity index (χ2n) is 4.97. The fourth-order valence-electron chi connectivity index (χ4n) is 2.01. The van der Waals surface area contributed by atoms with E-state index in [-0.39, 0.29) is 22.3 Å². The molecule has 10 heteroatoms. The predicted octanol–water partition coefficient (Wildman–Crippen LogP) is 5.22. The van der Waals surface area contributed by atoms with E-state index >= 15 is 0 Å². The van der Waals surface area contributed by atoms with Crippen LogP contribution < -0.4 is 11.1 Å². The molecule has 3 N–H and O–H groups in total. The van der Waals surface area contributed by atoms with Crippen LogP contribution in [0.3, 0.4) is 0 Å². The molecule has 0 radical (unpaired) electrons. The van der Waals surface area contributed by atoms with Crippen molar-refractivity contribution in [2.24, 2.45) is 5.73 Å². The highest BCUT2D eigenvalue weighted by Gasteiger charge is 2.37. The maximum atomic E-state index is 12.8. The van der Waals surface area contributed by atoms with Crippen LogP contribution in [0.4, 0.5) is 37.7 Å². The molecule has 0 aromatic heterocycles. The maximum Gasteiger partial charge on any atom is 0.416 e. The molecule has 1 amide bonds. The van der Waals surface area contributed by atoms with E-state index in [4.69, 9.17) is 17.3 Å². The number of primary amides is 1. The Hall–Kier alpha value is -2.42. The second kappa shape index (κ2) is 6.47. The van der Waals surface area contributed by atoms with Gasteiger partial charge in [-0.15, -0.1) is 0 Å². The first-order valence-corrected chi connectivity index (χ1v) is 6.91. The van der Waals surface area contributed by atoms with Crippen molar-refractivity contribution in [3.63, 3.8) is 0 Å². The topological polar surface area (TPSA) is 55.1 Å². The van der Waals surface area contributed by atoms with Gasteiger partial charge in [-0.05, 0) is 36.4 Å². The summed E-state index contributed by atoms with van der Waals surface area (Å²) in [6.07, 6.45) is -9.96. The number of rotatable bonds is 3. The first-order chi connectivity index (χ1) is 11.4. The van der Waals surface area contributed by atoms with Gasteiger partial charge in [0.1, 0.15) is 0 Å². The zero-order valence-corrected chi connectivity index (χ0v) is 12.9. The number of amides is 1. The van der Waals surface area contributed by atoms with Crippen LogP contribution in [0.25, 0.3) is 0 Å². The minimum atomic E-state index is -4.98. The van der Waals surface area contributed by atoms with Gasteiger partial charge in [0, 0.05) is 10.7 Å². The van der Waals surface area contributed by atoms with Crippen LogP contribution >= 0.6 is 11.6 Å². The molecule has 25 heavy (non-hydrogen) atoms. The Morgan fingerprint density at radius 2 is 1.44 bits per heavy atom. The number of halogens is 7. The van der Waals surface area contributed by atoms with Crippen LogP contribution in [-0.2, 0) is 12.4 Å². The van der Waals surface area contributed by atoms with Crippen LogP contribution in [0, 0.1) is 0 Å². The average molecular weight is 383 g/mol. The van der Waals surface area contributed by atoms with E-state index in [9.17, 15) is 31.1 Å². The molecule has 2 aromatic carbocycles. The zero-order valence-electron chi connectivity index (χ0n) is 12.1. The number of nitrogens with two attached hydrogens (primary N) is 1. The fourth-order valence-corrected chi connectivity index (χ4v) is 2.18. The van der Waals surface area contributed by atoms with Gasteiger partial charge in [0.05, 0.1) is 22.4 Å². The number of alkyl halides is 6. The lowest BCUT2D eigenvalue weighted by atomic mass is 10.1. The third-order valence-corrected chi connectivity index (χ3v) is 3.35. The Kier molecular flexibility index (Phi) is 4.90. The van der Waals surface area contributed by atoms with Gasteiger partial charge in [-0.1, -0.05) is 11.6 Å². The standard InChI is InChI=1S/C15H9ClF6N2O/c16-9-1-2-12(11(6-9)13(23)25)24-10-4-7(14(17,18)19)3-8(5-10)15(20,21)22/h1-6,24H,(H2,23,25). The molecule has 0 bridgehead atoms. The second-order valence-corrected chi connectivity index (χ2v) is 5.41. The molecule has 2 aromatic rings. The van der Waals surface area contributed by atoms with Crippen molar-refractivity contribution in [3.8, 4) is 0 Å². The largest absolute Gasteiger partial charge is 0.416 e. The number of hydrogen-bond donors (Lipinski definition) is 2. The Morgan fingerprint density at radius 3 is 1.88 bits per heavy atom. The molecule has 0 saturated carbocycles. The highest BCUT2D eigenvalue weighted by atomic mass is 35.5. The third kappa shape index (κ3) is 4.56. The Morgan fingerprint density at radius 1 is 0.920 bits per heavy atom. The molecule has 2 rings (SSSR count). The zero-order chi connectivity index (χ0) is 19.0. The van der Waals surface area contributed by atoms with Gasteiger partial charge in [-0.25, -0.2) is 0 Å². The van der Waals surface area contributed by atoms with Gasteiger partial charge in [0.2, 0.25) is 0 Å². The van der Waals surface area contributed by atoms with E-state index in [0.717, 1.165) is 6.07 Å². The van der Waals surface area contributed by atoms with Gasteiger partial charge in [-0.2, -0.15) is 26.3 Å². The van der Waals surface area contributed by atoms with Gasteiger partial charge < -0.3 is 11.1 Å². The third-order valence-electron chi connectivity index (χ3n) is 3.11. The average Bonchev–Trinajstić information content (AvgIpc) is 2.47. The first-order valence-electron chi connectivity index (χ1n) is 6.54. The van der Waals surface area contributed by atoms with Gasteiger partial charge in [0.15, 0.2) is 0 Å². The number of hydrogen-bond acceptors (Lipinski definition) is 2. The molecule has 0 saturated heterocycles. The maximum absolute atomic E-state index is 12.8. The summed E-state index contributed by atoms with van der Waals surface area (Å²) in [7, 11) is 0. The Bertz CT molecular complexity index is 784. The molecule has 0 unspecified atom stereocenters. The van der Waals surface area contributed by atoms with Crippen molar-refractivity contribution in [1.29, 1.82) is 0 Å². The predicted molar refractivity (Wildman–Crippen MR) is 79.7 cm³/mol. The quantitative estimate of drug-likeness (QED) is 0.715. The minimum absolute atomic E-state index is 0.00202. The van der Waals surface area contributed by atoms with Crippen LogP contribution in [0.5, 0.6) is 0 Å². The van der Waals surface area contributed by atoms with E-state index in [1.165, 1.54) is 12.1 Å². The molecule has 3 nitrogen and oxygen atoms in total. The van der Waals surface area contributed by atoms with E-state index in [0.29, 0.717) is 12.1 Å². The summed E-state index contributed by atoms with van der Waals surface area (Å²) in [6, 6.07) is 4.65. The molecular weight excluding hydrogens is 374 g/mol. The Labute approximate surface area is 142 Å². The highest BCUT2D eigenvalue weighted by Crippen LogP contribution is 2.38. The SMILES string of the molecule is NC(=O)c1cc(Cl)ccc1Nc1cc(C(F)(F)F)cc(C(F)(F)F)c1. The summed E-state index contributed by atoms with van der Waals surface area (Å²) in [5, 5.41) is 2.47. The molecule has 0 fully saturated rings. The van der Waals surface area contributed by atoms with E-state index in [1.807, 2.05) is 0 Å².